The van der Waals surface area contributed by atoms with Gasteiger partial charge >= 0.3 is 12.1 Å². The minimum atomic E-state index is -1.21. The third-order valence-corrected chi connectivity index (χ3v) is 2.22. The lowest BCUT2D eigenvalue weighted by Crippen LogP contribution is -2.41. The van der Waals surface area contributed by atoms with Gasteiger partial charge in [0.15, 0.2) is 0 Å². The summed E-state index contributed by atoms with van der Waals surface area (Å²) in [7, 11) is 0. The van der Waals surface area contributed by atoms with Crippen LogP contribution in [0.25, 0.3) is 0 Å². The fourth-order valence-electron chi connectivity index (χ4n) is 1.29. The van der Waals surface area contributed by atoms with E-state index in [4.69, 9.17) is 14.9 Å². The fourth-order valence-corrected chi connectivity index (χ4v) is 1.29. The number of benzene rings is 1. The Labute approximate surface area is 104 Å². The molecule has 0 fully saturated rings. The minimum absolute atomic E-state index is 0.0598. The monoisotopic (exact) mass is 253 g/mol. The number of carboxylic acid groups (broad SMARTS) is 1. The number of carbonyl (C=O) groups excluding carboxylic acids is 1. The topological polar surface area (TPSA) is 95.9 Å². The number of hydrogen-bond donors (Lipinski definition) is 3. The number of carbonyl (C=O) groups is 2. The number of ether oxygens (including phenoxy) is 1. The Balaban J connectivity index is 2.39. The highest BCUT2D eigenvalue weighted by Crippen LogP contribution is 2.01. The van der Waals surface area contributed by atoms with Crippen LogP contribution in [-0.4, -0.2) is 34.9 Å². The summed E-state index contributed by atoms with van der Waals surface area (Å²) in [5, 5.41) is 19.6. The largest absolute Gasteiger partial charge is 0.480 e. The van der Waals surface area contributed by atoms with Crippen molar-refractivity contribution in [1.29, 1.82) is 0 Å². The quantitative estimate of drug-likeness (QED) is 0.695. The highest BCUT2D eigenvalue weighted by Gasteiger charge is 2.19. The van der Waals surface area contributed by atoms with Crippen LogP contribution in [0.15, 0.2) is 30.3 Å². The molecular weight excluding hydrogens is 238 g/mol. The highest BCUT2D eigenvalue weighted by molar-refractivity contribution is 5.79. The molecule has 1 rings (SSSR count). The van der Waals surface area contributed by atoms with Gasteiger partial charge in [0.25, 0.3) is 0 Å². The molecule has 6 heteroatoms. The van der Waals surface area contributed by atoms with Gasteiger partial charge in [-0.15, -0.1) is 0 Å². The van der Waals surface area contributed by atoms with Gasteiger partial charge in [-0.25, -0.2) is 9.59 Å². The van der Waals surface area contributed by atoms with Gasteiger partial charge in [0.1, 0.15) is 12.6 Å². The maximum Gasteiger partial charge on any atom is 0.408 e. The summed E-state index contributed by atoms with van der Waals surface area (Å²) in [6.45, 7) is -0.256. The molecule has 0 aromatic heterocycles. The standard InChI is InChI=1S/C12H15NO5/c14-7-6-10(11(15)16)13-12(17)18-8-9-4-2-1-3-5-9/h1-5,10,14H,6-8H2,(H,13,17)(H,15,16)/t10-/m0/s1. The summed E-state index contributed by atoms with van der Waals surface area (Å²) in [6, 6.07) is 7.89. The van der Waals surface area contributed by atoms with E-state index in [-0.39, 0.29) is 19.6 Å². The number of nitrogens with one attached hydrogen (secondary N) is 1. The van der Waals surface area contributed by atoms with Gasteiger partial charge in [-0.3, -0.25) is 0 Å². The number of rotatable bonds is 6. The van der Waals surface area contributed by atoms with Crippen LogP contribution in [0.3, 0.4) is 0 Å². The second-order valence-corrected chi connectivity index (χ2v) is 3.61. The van der Waals surface area contributed by atoms with E-state index in [0.717, 1.165) is 5.56 Å². The molecule has 0 saturated carbocycles. The molecule has 0 aliphatic heterocycles. The Bertz CT molecular complexity index is 393. The van der Waals surface area contributed by atoms with Crippen molar-refractivity contribution in [2.24, 2.45) is 0 Å². The average Bonchev–Trinajstić information content (AvgIpc) is 2.37. The normalized spacial score (nSPS) is 11.6. The Hall–Kier alpha value is -2.08. The van der Waals surface area contributed by atoms with Crippen LogP contribution in [0.1, 0.15) is 12.0 Å². The lowest BCUT2D eigenvalue weighted by molar-refractivity contribution is -0.139. The zero-order chi connectivity index (χ0) is 13.4. The molecule has 0 bridgehead atoms. The van der Waals surface area contributed by atoms with Crippen molar-refractivity contribution in [2.75, 3.05) is 6.61 Å². The molecule has 0 unspecified atom stereocenters. The Morgan fingerprint density at radius 2 is 1.94 bits per heavy atom. The second kappa shape index (κ2) is 7.29. The van der Waals surface area contributed by atoms with E-state index >= 15 is 0 Å². The van der Waals surface area contributed by atoms with Crippen LogP contribution in [-0.2, 0) is 16.1 Å². The van der Waals surface area contributed by atoms with E-state index in [0.29, 0.717) is 0 Å². The second-order valence-electron chi connectivity index (χ2n) is 3.61. The summed E-state index contributed by atoms with van der Waals surface area (Å²) in [5.41, 5.74) is 0.807. The van der Waals surface area contributed by atoms with Crippen molar-refractivity contribution < 1.29 is 24.5 Å². The van der Waals surface area contributed by atoms with Crippen LogP contribution in [0.4, 0.5) is 4.79 Å². The van der Waals surface area contributed by atoms with E-state index in [9.17, 15) is 9.59 Å². The van der Waals surface area contributed by atoms with Gasteiger partial charge in [0.2, 0.25) is 0 Å². The van der Waals surface area contributed by atoms with Crippen LogP contribution < -0.4 is 5.32 Å². The third kappa shape index (κ3) is 4.84. The summed E-state index contributed by atoms with van der Waals surface area (Å²) >= 11 is 0. The first kappa shape index (κ1) is 14.0. The van der Waals surface area contributed by atoms with Crippen LogP contribution >= 0.6 is 0 Å². The predicted molar refractivity (Wildman–Crippen MR) is 62.9 cm³/mol. The SMILES string of the molecule is O=C(N[C@@H](CCO)C(=O)O)OCc1ccccc1. The maximum atomic E-state index is 11.3. The molecule has 1 atom stereocenters. The molecule has 6 nitrogen and oxygen atoms in total. The lowest BCUT2D eigenvalue weighted by Gasteiger charge is -2.13. The number of aliphatic carboxylic acids is 1. The smallest absolute Gasteiger partial charge is 0.408 e. The molecular formula is C12H15NO5. The van der Waals surface area contributed by atoms with Crippen LogP contribution in [0, 0.1) is 0 Å². The number of aliphatic hydroxyl groups excluding tert-OH is 1. The fraction of sp³-hybridized carbons (Fsp3) is 0.333. The first-order chi connectivity index (χ1) is 8.63. The molecule has 0 saturated heterocycles. The molecule has 0 spiro atoms. The Kier molecular flexibility index (Phi) is 5.66. The number of amides is 1. The molecule has 0 heterocycles. The van der Waals surface area contributed by atoms with E-state index in [1.807, 2.05) is 18.2 Å². The average molecular weight is 253 g/mol. The van der Waals surface area contributed by atoms with Gasteiger partial charge in [-0.1, -0.05) is 30.3 Å². The highest BCUT2D eigenvalue weighted by atomic mass is 16.5. The summed E-state index contributed by atoms with van der Waals surface area (Å²) in [6.07, 6.45) is -0.879. The molecule has 1 aromatic rings. The lowest BCUT2D eigenvalue weighted by atomic mass is 10.2. The molecule has 1 amide bonds. The molecule has 3 N–H and O–H groups in total. The number of hydrogen-bond acceptors (Lipinski definition) is 4. The zero-order valence-electron chi connectivity index (χ0n) is 9.70. The van der Waals surface area contributed by atoms with Crippen molar-refractivity contribution in [2.45, 2.75) is 19.1 Å². The van der Waals surface area contributed by atoms with Crippen molar-refractivity contribution in [3.8, 4) is 0 Å². The molecule has 18 heavy (non-hydrogen) atoms. The predicted octanol–water partition coefficient (Wildman–Crippen LogP) is 0.748. The van der Waals surface area contributed by atoms with E-state index < -0.39 is 18.1 Å². The Morgan fingerprint density at radius 3 is 2.50 bits per heavy atom. The molecule has 0 radical (unpaired) electrons. The van der Waals surface area contributed by atoms with Gasteiger partial charge in [0.05, 0.1) is 0 Å². The molecule has 0 aliphatic carbocycles. The number of carboxylic acids is 1. The van der Waals surface area contributed by atoms with Crippen LogP contribution in [0.5, 0.6) is 0 Å². The van der Waals surface area contributed by atoms with Crippen LogP contribution in [0.2, 0.25) is 0 Å². The zero-order valence-corrected chi connectivity index (χ0v) is 9.70. The Morgan fingerprint density at radius 1 is 1.28 bits per heavy atom. The van der Waals surface area contributed by atoms with Crippen molar-refractivity contribution in [3.63, 3.8) is 0 Å². The van der Waals surface area contributed by atoms with Crippen molar-refractivity contribution in [3.05, 3.63) is 35.9 Å². The third-order valence-electron chi connectivity index (χ3n) is 2.22. The first-order valence-electron chi connectivity index (χ1n) is 5.44. The van der Waals surface area contributed by atoms with E-state index in [1.165, 1.54) is 0 Å². The van der Waals surface area contributed by atoms with Gasteiger partial charge in [-0.2, -0.15) is 0 Å². The van der Waals surface area contributed by atoms with Crippen molar-refractivity contribution >= 4 is 12.1 Å². The van der Waals surface area contributed by atoms with Gasteiger partial charge in [-0.05, 0) is 5.56 Å². The molecule has 1 aromatic carbocycles. The summed E-state index contributed by atoms with van der Waals surface area (Å²) in [4.78, 5) is 22.0. The molecule has 0 aliphatic rings. The summed E-state index contributed by atoms with van der Waals surface area (Å²) < 4.78 is 4.86. The van der Waals surface area contributed by atoms with Gasteiger partial charge < -0.3 is 20.3 Å². The number of aliphatic hydroxyl groups is 1. The van der Waals surface area contributed by atoms with Gasteiger partial charge in [0, 0.05) is 13.0 Å². The van der Waals surface area contributed by atoms with E-state index in [1.54, 1.807) is 12.1 Å². The summed E-state index contributed by atoms with van der Waals surface area (Å²) in [5.74, 6) is -1.21. The van der Waals surface area contributed by atoms with Crippen molar-refractivity contribution in [1.82, 2.24) is 5.32 Å². The molecule has 98 valence electrons. The number of alkyl carbamates (subject to hydrolysis) is 1. The minimum Gasteiger partial charge on any atom is -0.480 e. The first-order valence-corrected chi connectivity index (χ1v) is 5.44. The van der Waals surface area contributed by atoms with E-state index in [2.05, 4.69) is 5.32 Å². The maximum absolute atomic E-state index is 11.3.